The summed E-state index contributed by atoms with van der Waals surface area (Å²) in [6.07, 6.45) is 1.32. The van der Waals surface area contributed by atoms with Gasteiger partial charge in [0, 0.05) is 16.5 Å². The summed E-state index contributed by atoms with van der Waals surface area (Å²) in [5, 5.41) is 17.7. The molecular weight excluding hydrogens is 412 g/mol. The van der Waals surface area contributed by atoms with Crippen molar-refractivity contribution in [1.82, 2.24) is 9.88 Å². The largest absolute Gasteiger partial charge is 0.338 e. The first kappa shape index (κ1) is 21.2. The third kappa shape index (κ3) is 3.73. The molecule has 2 heterocycles. The Morgan fingerprint density at radius 2 is 1.72 bits per heavy atom. The van der Waals surface area contributed by atoms with Gasteiger partial charge in [-0.05, 0) is 29.7 Å². The first-order valence-electron chi connectivity index (χ1n) is 10.3. The quantitative estimate of drug-likeness (QED) is 0.474. The molecule has 0 fully saturated rings. The molecule has 2 aromatic carbocycles. The Hall–Kier alpha value is -4.01. The van der Waals surface area contributed by atoms with Gasteiger partial charge in [0.05, 0.1) is 23.2 Å². The molecule has 1 aliphatic heterocycles. The lowest BCUT2D eigenvalue weighted by Crippen LogP contribution is -2.52. The van der Waals surface area contributed by atoms with E-state index >= 15 is 0 Å². The van der Waals surface area contributed by atoms with Crippen molar-refractivity contribution in [3.05, 3.63) is 76.0 Å². The highest BCUT2D eigenvalue weighted by molar-refractivity contribution is 6.09. The molecule has 0 radical (unpaired) electrons. The van der Waals surface area contributed by atoms with Gasteiger partial charge in [-0.2, -0.15) is 0 Å². The normalized spacial score (nSPS) is 19.4. The van der Waals surface area contributed by atoms with Gasteiger partial charge in [-0.25, -0.2) is 0 Å². The van der Waals surface area contributed by atoms with Crippen LogP contribution in [0.3, 0.4) is 0 Å². The van der Waals surface area contributed by atoms with Gasteiger partial charge in [0.1, 0.15) is 6.04 Å². The van der Waals surface area contributed by atoms with E-state index in [1.54, 1.807) is 62.4 Å². The maximum atomic E-state index is 13.5. The van der Waals surface area contributed by atoms with E-state index in [-0.39, 0.29) is 23.8 Å². The van der Waals surface area contributed by atoms with Crippen molar-refractivity contribution in [2.45, 2.75) is 32.4 Å². The number of nitro groups is 1. The Labute approximate surface area is 183 Å². The Bertz CT molecular complexity index is 1250. The number of aromatic nitrogens is 1. The van der Waals surface area contributed by atoms with Crippen molar-refractivity contribution in [2.75, 3.05) is 5.32 Å². The molecular formula is C23H22N4O5. The lowest BCUT2D eigenvalue weighted by molar-refractivity contribution is -0.507. The van der Waals surface area contributed by atoms with Crippen LogP contribution in [0, 0.1) is 16.0 Å². The van der Waals surface area contributed by atoms with E-state index in [1.807, 2.05) is 0 Å². The maximum absolute atomic E-state index is 13.5. The van der Waals surface area contributed by atoms with Gasteiger partial charge in [0.25, 0.3) is 17.9 Å². The second-order valence-corrected chi connectivity index (χ2v) is 8.12. The fourth-order valence-corrected chi connectivity index (χ4v) is 3.96. The molecule has 164 valence electrons. The lowest BCUT2D eigenvalue weighted by atomic mass is 10.0. The summed E-state index contributed by atoms with van der Waals surface area (Å²) in [5.74, 6) is -2.12. The Kier molecular flexibility index (Phi) is 5.48. The summed E-state index contributed by atoms with van der Waals surface area (Å²) in [4.78, 5) is 50.4. The Morgan fingerprint density at radius 1 is 1.03 bits per heavy atom. The van der Waals surface area contributed by atoms with Crippen LogP contribution in [-0.2, 0) is 16.0 Å². The Morgan fingerprint density at radius 3 is 2.44 bits per heavy atom. The highest BCUT2D eigenvalue weighted by Gasteiger charge is 2.36. The average Bonchev–Trinajstić information content (AvgIpc) is 3.13. The lowest BCUT2D eigenvalue weighted by Gasteiger charge is -2.23. The first-order chi connectivity index (χ1) is 15.3. The molecule has 3 aromatic rings. The molecule has 0 saturated heterocycles. The molecule has 0 spiro atoms. The van der Waals surface area contributed by atoms with E-state index in [0.717, 1.165) is 0 Å². The van der Waals surface area contributed by atoms with Gasteiger partial charge < -0.3 is 10.6 Å². The molecule has 2 amide bonds. The van der Waals surface area contributed by atoms with Crippen molar-refractivity contribution >= 4 is 34.3 Å². The highest BCUT2D eigenvalue weighted by Crippen LogP contribution is 2.27. The summed E-state index contributed by atoms with van der Waals surface area (Å²) in [7, 11) is 0. The van der Waals surface area contributed by atoms with Crippen LogP contribution in [0.25, 0.3) is 10.9 Å². The number of para-hydroxylation sites is 2. The number of hydrogen-bond donors (Lipinski definition) is 2. The maximum Gasteiger partial charge on any atom is 0.295 e. The predicted molar refractivity (Wildman–Crippen MR) is 118 cm³/mol. The van der Waals surface area contributed by atoms with E-state index in [0.29, 0.717) is 22.2 Å². The third-order valence-electron chi connectivity index (χ3n) is 5.65. The number of anilines is 1. The van der Waals surface area contributed by atoms with Crippen LogP contribution in [0.1, 0.15) is 29.8 Å². The zero-order chi connectivity index (χ0) is 23.0. The smallest absolute Gasteiger partial charge is 0.295 e. The van der Waals surface area contributed by atoms with E-state index in [1.165, 1.54) is 10.8 Å². The van der Waals surface area contributed by atoms with E-state index < -0.39 is 28.8 Å². The van der Waals surface area contributed by atoms with Crippen molar-refractivity contribution in [3.63, 3.8) is 0 Å². The van der Waals surface area contributed by atoms with E-state index in [2.05, 4.69) is 10.6 Å². The van der Waals surface area contributed by atoms with Crippen LogP contribution in [0.15, 0.2) is 54.7 Å². The molecule has 0 unspecified atom stereocenters. The number of carbonyl (C=O) groups excluding carboxylic acids is 3. The number of rotatable bonds is 2. The van der Waals surface area contributed by atoms with Crippen molar-refractivity contribution in [1.29, 1.82) is 0 Å². The van der Waals surface area contributed by atoms with Gasteiger partial charge in [-0.3, -0.25) is 29.1 Å². The average molecular weight is 434 g/mol. The standard InChI is InChI=1S/C23H22N4O5/c1-13(2)20-22(29)24-17-9-5-3-8-16(17)23(30)26-12-14(15-7-4-6-10-18(15)26)11-19(27(31)32)21(28)25-20/h3-10,12-13,19-20H,11H2,1-2H3,(H,24,29)(H,25,28)/t19-,20-/m0/s1. The fourth-order valence-electron chi connectivity index (χ4n) is 3.96. The van der Waals surface area contributed by atoms with Gasteiger partial charge in [0.2, 0.25) is 5.91 Å². The van der Waals surface area contributed by atoms with Crippen LogP contribution in [0.4, 0.5) is 5.69 Å². The van der Waals surface area contributed by atoms with Gasteiger partial charge in [-0.1, -0.05) is 44.2 Å². The second-order valence-electron chi connectivity index (χ2n) is 8.12. The highest BCUT2D eigenvalue weighted by atomic mass is 16.6. The molecule has 4 rings (SSSR count). The summed E-state index contributed by atoms with van der Waals surface area (Å²) in [5.41, 5.74) is 1.63. The molecule has 1 aromatic heterocycles. The van der Waals surface area contributed by atoms with Crippen LogP contribution in [0.5, 0.6) is 0 Å². The monoisotopic (exact) mass is 434 g/mol. The van der Waals surface area contributed by atoms with Crippen molar-refractivity contribution in [3.8, 4) is 0 Å². The predicted octanol–water partition coefficient (Wildman–Crippen LogP) is 2.61. The molecule has 0 aliphatic carbocycles. The zero-order valence-corrected chi connectivity index (χ0v) is 17.6. The number of carbonyl (C=O) groups is 3. The minimum atomic E-state index is -1.61. The molecule has 2 bridgehead atoms. The van der Waals surface area contributed by atoms with E-state index in [9.17, 15) is 24.5 Å². The number of nitrogens with one attached hydrogen (secondary N) is 2. The minimum Gasteiger partial charge on any atom is -0.338 e. The summed E-state index contributed by atoms with van der Waals surface area (Å²) < 4.78 is 1.41. The number of nitrogens with zero attached hydrogens (tertiary/aromatic N) is 2. The number of fused-ring (bicyclic) bond motifs is 6. The van der Waals surface area contributed by atoms with E-state index in [4.69, 9.17) is 0 Å². The van der Waals surface area contributed by atoms with Gasteiger partial charge in [-0.15, -0.1) is 0 Å². The Balaban J connectivity index is 1.94. The summed E-state index contributed by atoms with van der Waals surface area (Å²) >= 11 is 0. The molecule has 1 aliphatic rings. The number of benzene rings is 2. The SMILES string of the molecule is CC(C)[C@@H]1NC(=O)[C@@H]([N+](=O)[O-])Cc2cn(c3ccccc23)C(=O)c2ccccc2NC1=O. The third-order valence-corrected chi connectivity index (χ3v) is 5.65. The minimum absolute atomic E-state index is 0.215. The van der Waals surface area contributed by atoms with Crippen LogP contribution < -0.4 is 10.6 Å². The molecule has 9 nitrogen and oxygen atoms in total. The van der Waals surface area contributed by atoms with Crippen LogP contribution in [0.2, 0.25) is 0 Å². The van der Waals surface area contributed by atoms with Gasteiger partial charge >= 0.3 is 0 Å². The molecule has 9 heteroatoms. The fraction of sp³-hybridized carbons (Fsp3) is 0.261. The van der Waals surface area contributed by atoms with Crippen molar-refractivity contribution in [2.24, 2.45) is 5.92 Å². The summed E-state index contributed by atoms with van der Waals surface area (Å²) in [6, 6.07) is 11.0. The first-order valence-corrected chi connectivity index (χ1v) is 10.3. The number of hydrogen-bond acceptors (Lipinski definition) is 5. The summed E-state index contributed by atoms with van der Waals surface area (Å²) in [6.45, 7) is 3.46. The molecule has 32 heavy (non-hydrogen) atoms. The second kappa shape index (κ2) is 8.26. The molecule has 2 N–H and O–H groups in total. The van der Waals surface area contributed by atoms with Crippen molar-refractivity contribution < 1.29 is 19.3 Å². The molecule has 0 saturated carbocycles. The number of amides is 2. The van der Waals surface area contributed by atoms with Gasteiger partial charge in [0.15, 0.2) is 0 Å². The van der Waals surface area contributed by atoms with Crippen LogP contribution >= 0.6 is 0 Å². The van der Waals surface area contributed by atoms with Crippen LogP contribution in [-0.4, -0.2) is 39.3 Å². The molecule has 2 atom stereocenters. The zero-order valence-electron chi connectivity index (χ0n) is 17.6. The topological polar surface area (TPSA) is 123 Å².